The molecule has 1 fully saturated rings. The first-order chi connectivity index (χ1) is 8.15. The second kappa shape index (κ2) is 5.44. The van der Waals surface area contributed by atoms with Crippen molar-refractivity contribution in [3.8, 4) is 0 Å². The molecule has 0 aromatic heterocycles. The number of halogens is 3. The van der Waals surface area contributed by atoms with E-state index in [1.54, 1.807) is 0 Å². The minimum atomic E-state index is -0.445. The standard InChI is InChI=1S/C13H16BrF2N/c1-2-17-11-5-3-4-8(11)12-10(15)7-6-9(14)13(12)16/h6-8,11,17H,2-5H2,1H3. The van der Waals surface area contributed by atoms with Gasteiger partial charge >= 0.3 is 0 Å². The van der Waals surface area contributed by atoms with Crippen molar-refractivity contribution in [2.45, 2.75) is 38.1 Å². The molecular formula is C13H16BrF2N. The minimum Gasteiger partial charge on any atom is -0.314 e. The van der Waals surface area contributed by atoms with Crippen LogP contribution in [0.3, 0.4) is 0 Å². The van der Waals surface area contributed by atoms with E-state index >= 15 is 0 Å². The van der Waals surface area contributed by atoms with Gasteiger partial charge in [-0.25, -0.2) is 8.78 Å². The Bertz CT molecular complexity index is 409. The predicted octanol–water partition coefficient (Wildman–Crippen LogP) is 3.97. The molecule has 94 valence electrons. The van der Waals surface area contributed by atoms with Gasteiger partial charge in [-0.1, -0.05) is 13.3 Å². The highest BCUT2D eigenvalue weighted by Gasteiger charge is 2.32. The van der Waals surface area contributed by atoms with E-state index in [9.17, 15) is 8.78 Å². The summed E-state index contributed by atoms with van der Waals surface area (Å²) in [6.45, 7) is 2.85. The number of rotatable bonds is 3. The van der Waals surface area contributed by atoms with Gasteiger partial charge in [0.15, 0.2) is 0 Å². The Labute approximate surface area is 109 Å². The van der Waals surface area contributed by atoms with Crippen LogP contribution in [0.1, 0.15) is 37.7 Å². The van der Waals surface area contributed by atoms with Crippen LogP contribution in [0.4, 0.5) is 8.78 Å². The highest BCUT2D eigenvalue weighted by Crippen LogP contribution is 2.38. The lowest BCUT2D eigenvalue weighted by atomic mass is 9.93. The summed E-state index contributed by atoms with van der Waals surface area (Å²) in [6, 6.07) is 2.95. The molecule has 1 N–H and O–H groups in total. The first kappa shape index (κ1) is 13.0. The molecule has 1 aromatic carbocycles. The molecule has 0 aliphatic heterocycles. The number of hydrogen-bond acceptors (Lipinski definition) is 1. The van der Waals surface area contributed by atoms with Crippen molar-refractivity contribution in [1.82, 2.24) is 5.32 Å². The predicted molar refractivity (Wildman–Crippen MR) is 68.1 cm³/mol. The monoisotopic (exact) mass is 303 g/mol. The molecule has 1 aromatic rings. The summed E-state index contributed by atoms with van der Waals surface area (Å²) in [5.74, 6) is -0.923. The third kappa shape index (κ3) is 2.52. The highest BCUT2D eigenvalue weighted by molar-refractivity contribution is 9.10. The molecule has 1 aliphatic carbocycles. The first-order valence-corrected chi connectivity index (χ1v) is 6.81. The van der Waals surface area contributed by atoms with Crippen LogP contribution in [-0.2, 0) is 0 Å². The molecule has 0 spiro atoms. The van der Waals surface area contributed by atoms with Crippen LogP contribution in [0.2, 0.25) is 0 Å². The van der Waals surface area contributed by atoms with Gasteiger partial charge in [0.2, 0.25) is 0 Å². The Balaban J connectivity index is 2.36. The van der Waals surface area contributed by atoms with E-state index in [1.807, 2.05) is 6.92 Å². The average molecular weight is 304 g/mol. The van der Waals surface area contributed by atoms with Crippen molar-refractivity contribution in [2.75, 3.05) is 6.54 Å². The summed E-state index contributed by atoms with van der Waals surface area (Å²) in [4.78, 5) is 0. The van der Waals surface area contributed by atoms with E-state index in [-0.39, 0.29) is 17.5 Å². The van der Waals surface area contributed by atoms with Gasteiger partial charge in [-0.15, -0.1) is 0 Å². The fourth-order valence-corrected chi connectivity index (χ4v) is 3.04. The van der Waals surface area contributed by atoms with E-state index in [0.29, 0.717) is 4.47 Å². The molecule has 1 saturated carbocycles. The smallest absolute Gasteiger partial charge is 0.143 e. The van der Waals surface area contributed by atoms with E-state index in [0.717, 1.165) is 25.8 Å². The second-order valence-electron chi connectivity index (χ2n) is 4.46. The molecular weight excluding hydrogens is 288 g/mol. The first-order valence-electron chi connectivity index (χ1n) is 6.02. The molecule has 1 aliphatic rings. The molecule has 2 unspecified atom stereocenters. The Morgan fingerprint density at radius 2 is 2.12 bits per heavy atom. The summed E-state index contributed by atoms with van der Waals surface area (Å²) < 4.78 is 28.2. The lowest BCUT2D eigenvalue weighted by Gasteiger charge is -2.22. The topological polar surface area (TPSA) is 12.0 Å². The van der Waals surface area contributed by atoms with Crippen molar-refractivity contribution >= 4 is 15.9 Å². The van der Waals surface area contributed by atoms with E-state index < -0.39 is 11.6 Å². The van der Waals surface area contributed by atoms with Crippen LogP contribution in [0.25, 0.3) is 0 Å². The Hall–Kier alpha value is -0.480. The molecule has 0 heterocycles. The molecule has 4 heteroatoms. The van der Waals surface area contributed by atoms with E-state index in [2.05, 4.69) is 21.2 Å². The molecule has 17 heavy (non-hydrogen) atoms. The third-order valence-corrected chi connectivity index (χ3v) is 4.04. The molecule has 1 nitrogen and oxygen atoms in total. The van der Waals surface area contributed by atoms with Crippen molar-refractivity contribution in [2.24, 2.45) is 0 Å². The van der Waals surface area contributed by atoms with E-state index in [4.69, 9.17) is 0 Å². The molecule has 2 atom stereocenters. The van der Waals surface area contributed by atoms with Crippen molar-refractivity contribution in [3.63, 3.8) is 0 Å². The fourth-order valence-electron chi connectivity index (χ4n) is 2.69. The zero-order chi connectivity index (χ0) is 12.4. The third-order valence-electron chi connectivity index (χ3n) is 3.43. The molecule has 0 saturated heterocycles. The summed E-state index contributed by atoms with van der Waals surface area (Å²) >= 11 is 3.12. The Morgan fingerprint density at radius 3 is 2.82 bits per heavy atom. The van der Waals surface area contributed by atoms with Gasteiger partial charge in [-0.05, 0) is 47.4 Å². The quantitative estimate of drug-likeness (QED) is 0.833. The van der Waals surface area contributed by atoms with Gasteiger partial charge in [-0.3, -0.25) is 0 Å². The van der Waals surface area contributed by atoms with Crippen LogP contribution in [0, 0.1) is 11.6 Å². The summed E-state index contributed by atoms with van der Waals surface area (Å²) in [6.07, 6.45) is 2.86. The van der Waals surface area contributed by atoms with Crippen LogP contribution < -0.4 is 5.32 Å². The van der Waals surface area contributed by atoms with Gasteiger partial charge in [0.05, 0.1) is 4.47 Å². The Morgan fingerprint density at radius 1 is 1.35 bits per heavy atom. The maximum Gasteiger partial charge on any atom is 0.143 e. The summed E-state index contributed by atoms with van der Waals surface area (Å²) in [5.41, 5.74) is 0.239. The molecule has 0 amide bonds. The number of likely N-dealkylation sites (N-methyl/N-ethyl adjacent to an activating group) is 1. The number of hydrogen-bond donors (Lipinski definition) is 1. The van der Waals surface area contributed by atoms with Crippen molar-refractivity contribution in [3.05, 3.63) is 33.8 Å². The van der Waals surface area contributed by atoms with Crippen LogP contribution in [0.5, 0.6) is 0 Å². The lowest BCUT2D eigenvalue weighted by Crippen LogP contribution is -2.31. The van der Waals surface area contributed by atoms with Crippen LogP contribution in [-0.4, -0.2) is 12.6 Å². The zero-order valence-corrected chi connectivity index (χ0v) is 11.4. The SMILES string of the molecule is CCNC1CCCC1c1c(F)ccc(Br)c1F. The van der Waals surface area contributed by atoms with Crippen molar-refractivity contribution in [1.29, 1.82) is 0 Å². The van der Waals surface area contributed by atoms with E-state index in [1.165, 1.54) is 12.1 Å². The minimum absolute atomic E-state index is 0.0487. The zero-order valence-electron chi connectivity index (χ0n) is 9.77. The highest BCUT2D eigenvalue weighted by atomic mass is 79.9. The lowest BCUT2D eigenvalue weighted by molar-refractivity contribution is 0.451. The maximum atomic E-state index is 14.0. The fraction of sp³-hybridized carbons (Fsp3) is 0.538. The molecule has 0 bridgehead atoms. The maximum absolute atomic E-state index is 14.0. The second-order valence-corrected chi connectivity index (χ2v) is 5.31. The molecule has 0 radical (unpaired) electrons. The average Bonchev–Trinajstić information content (AvgIpc) is 2.73. The number of benzene rings is 1. The normalized spacial score (nSPS) is 24.2. The van der Waals surface area contributed by atoms with Crippen LogP contribution in [0.15, 0.2) is 16.6 Å². The van der Waals surface area contributed by atoms with Crippen molar-refractivity contribution < 1.29 is 8.78 Å². The number of nitrogens with one attached hydrogen (secondary N) is 1. The van der Waals surface area contributed by atoms with Gasteiger partial charge in [-0.2, -0.15) is 0 Å². The van der Waals surface area contributed by atoms with Gasteiger partial charge < -0.3 is 5.32 Å². The molecule has 2 rings (SSSR count). The van der Waals surface area contributed by atoms with Gasteiger partial charge in [0.1, 0.15) is 11.6 Å². The largest absolute Gasteiger partial charge is 0.314 e. The van der Waals surface area contributed by atoms with Gasteiger partial charge in [0, 0.05) is 17.5 Å². The van der Waals surface area contributed by atoms with Crippen LogP contribution >= 0.6 is 15.9 Å². The summed E-state index contributed by atoms with van der Waals surface area (Å²) in [7, 11) is 0. The Kier molecular flexibility index (Phi) is 4.15. The van der Waals surface area contributed by atoms with Gasteiger partial charge in [0.25, 0.3) is 0 Å². The summed E-state index contributed by atoms with van der Waals surface area (Å²) in [5, 5.41) is 3.32.